The second-order valence-corrected chi connectivity index (χ2v) is 3.58. The molecule has 1 aromatic carbocycles. The molecule has 0 aliphatic heterocycles. The lowest BCUT2D eigenvalue weighted by molar-refractivity contribution is 0.390. The summed E-state index contributed by atoms with van der Waals surface area (Å²) in [5, 5.41) is -0.415. The van der Waals surface area contributed by atoms with Crippen LogP contribution in [0.1, 0.15) is 13.8 Å². The van der Waals surface area contributed by atoms with Gasteiger partial charge in [0.1, 0.15) is 10.7 Å². The standard InChI is InChI=1S/C9H4Cl2F2N2O.C2H6/c1-16-7-4(13)2-3(12)6-5(7)8(10)15-9(11)14-6;1-2/h2H,1H3;1-2H3. The number of hydrogen-bond acceptors (Lipinski definition) is 3. The Bertz CT molecular complexity index is 579. The number of methoxy groups -OCH3 is 1. The van der Waals surface area contributed by atoms with Crippen LogP contribution < -0.4 is 4.74 Å². The summed E-state index contributed by atoms with van der Waals surface area (Å²) in [5.74, 6) is -1.96. The van der Waals surface area contributed by atoms with Crippen molar-refractivity contribution in [2.24, 2.45) is 0 Å². The lowest BCUT2D eigenvalue weighted by Crippen LogP contribution is -1.97. The second kappa shape index (κ2) is 6.11. The van der Waals surface area contributed by atoms with Gasteiger partial charge in [-0.25, -0.2) is 18.7 Å². The number of rotatable bonds is 1. The smallest absolute Gasteiger partial charge is 0.224 e. The summed E-state index contributed by atoms with van der Waals surface area (Å²) < 4.78 is 31.6. The van der Waals surface area contributed by atoms with Crippen LogP contribution in [-0.4, -0.2) is 17.1 Å². The van der Waals surface area contributed by atoms with Gasteiger partial charge in [0, 0.05) is 6.07 Å². The van der Waals surface area contributed by atoms with Gasteiger partial charge < -0.3 is 4.74 Å². The predicted octanol–water partition coefficient (Wildman–Crippen LogP) is 4.25. The number of nitrogens with zero attached hydrogens (tertiary/aromatic N) is 2. The summed E-state index contributed by atoms with van der Waals surface area (Å²) >= 11 is 11.3. The Hall–Kier alpha value is -1.20. The van der Waals surface area contributed by atoms with Crippen molar-refractivity contribution < 1.29 is 13.5 Å². The van der Waals surface area contributed by atoms with Gasteiger partial charge in [-0.15, -0.1) is 0 Å². The Balaban J connectivity index is 0.000000771. The first-order chi connectivity index (χ1) is 8.54. The Kier molecular flexibility index (Phi) is 5.04. The Labute approximate surface area is 113 Å². The van der Waals surface area contributed by atoms with Crippen molar-refractivity contribution in [2.45, 2.75) is 13.8 Å². The lowest BCUT2D eigenvalue weighted by atomic mass is 10.2. The monoisotopic (exact) mass is 294 g/mol. The molecule has 0 unspecified atom stereocenters. The molecule has 3 nitrogen and oxygen atoms in total. The van der Waals surface area contributed by atoms with E-state index in [9.17, 15) is 8.78 Å². The maximum Gasteiger partial charge on any atom is 0.224 e. The third-order valence-electron chi connectivity index (χ3n) is 1.97. The number of benzene rings is 1. The Morgan fingerprint density at radius 2 is 1.72 bits per heavy atom. The summed E-state index contributed by atoms with van der Waals surface area (Å²) in [6.45, 7) is 4.00. The second-order valence-electron chi connectivity index (χ2n) is 2.88. The molecule has 0 aliphatic carbocycles. The van der Waals surface area contributed by atoms with Crippen LogP contribution in [0, 0.1) is 11.6 Å². The maximum atomic E-state index is 13.4. The summed E-state index contributed by atoms with van der Waals surface area (Å²) in [7, 11) is 1.24. The molecule has 0 saturated heterocycles. The van der Waals surface area contributed by atoms with Crippen LogP contribution in [0.2, 0.25) is 10.4 Å². The minimum absolute atomic E-state index is 0.0360. The van der Waals surface area contributed by atoms with E-state index in [1.54, 1.807) is 0 Å². The molecule has 18 heavy (non-hydrogen) atoms. The highest BCUT2D eigenvalue weighted by Crippen LogP contribution is 2.34. The van der Waals surface area contributed by atoms with Crippen LogP contribution in [0.4, 0.5) is 8.78 Å². The van der Waals surface area contributed by atoms with E-state index in [1.165, 1.54) is 7.11 Å². The first kappa shape index (κ1) is 14.9. The summed E-state index contributed by atoms with van der Waals surface area (Å²) in [4.78, 5) is 7.23. The Morgan fingerprint density at radius 3 is 2.28 bits per heavy atom. The van der Waals surface area contributed by atoms with Crippen molar-refractivity contribution in [1.29, 1.82) is 0 Å². The molecule has 0 saturated carbocycles. The molecule has 0 radical (unpaired) electrons. The van der Waals surface area contributed by atoms with Crippen LogP contribution in [0.25, 0.3) is 10.9 Å². The highest BCUT2D eigenvalue weighted by Gasteiger charge is 2.18. The number of halogens is 4. The van der Waals surface area contributed by atoms with E-state index in [1.807, 2.05) is 13.8 Å². The third kappa shape index (κ3) is 2.62. The van der Waals surface area contributed by atoms with E-state index >= 15 is 0 Å². The molecule has 7 heteroatoms. The van der Waals surface area contributed by atoms with E-state index in [0.29, 0.717) is 6.07 Å². The molecule has 0 fully saturated rings. The molecular formula is C11H10Cl2F2N2O. The van der Waals surface area contributed by atoms with Crippen molar-refractivity contribution in [1.82, 2.24) is 9.97 Å². The largest absolute Gasteiger partial charge is 0.493 e. The molecule has 0 spiro atoms. The van der Waals surface area contributed by atoms with Gasteiger partial charge in [0.25, 0.3) is 0 Å². The quantitative estimate of drug-likeness (QED) is 0.582. The van der Waals surface area contributed by atoms with E-state index in [-0.39, 0.29) is 27.1 Å². The fourth-order valence-corrected chi connectivity index (χ4v) is 1.81. The van der Waals surface area contributed by atoms with Crippen molar-refractivity contribution in [3.05, 3.63) is 28.1 Å². The molecule has 98 valence electrons. The molecule has 1 heterocycles. The first-order valence-electron chi connectivity index (χ1n) is 5.09. The summed E-state index contributed by atoms with van der Waals surface area (Å²) in [6.07, 6.45) is 0. The van der Waals surface area contributed by atoms with Crippen LogP contribution in [0.15, 0.2) is 6.07 Å². The Morgan fingerprint density at radius 1 is 1.11 bits per heavy atom. The maximum absolute atomic E-state index is 13.4. The molecule has 1 aromatic heterocycles. The average Bonchev–Trinajstić information content (AvgIpc) is 2.33. The van der Waals surface area contributed by atoms with Gasteiger partial charge in [-0.1, -0.05) is 25.4 Å². The van der Waals surface area contributed by atoms with Crippen LogP contribution >= 0.6 is 23.2 Å². The average molecular weight is 295 g/mol. The molecule has 0 bridgehead atoms. The number of ether oxygens (including phenoxy) is 1. The van der Waals surface area contributed by atoms with E-state index < -0.39 is 11.6 Å². The van der Waals surface area contributed by atoms with Crippen molar-refractivity contribution in [3.63, 3.8) is 0 Å². The third-order valence-corrected chi connectivity index (χ3v) is 2.41. The van der Waals surface area contributed by atoms with Crippen LogP contribution in [0.3, 0.4) is 0 Å². The fourth-order valence-electron chi connectivity index (χ4n) is 1.35. The van der Waals surface area contributed by atoms with E-state index in [0.717, 1.165) is 0 Å². The van der Waals surface area contributed by atoms with Crippen molar-refractivity contribution in [3.8, 4) is 5.75 Å². The zero-order valence-electron chi connectivity index (χ0n) is 9.89. The molecule has 2 aromatic rings. The van der Waals surface area contributed by atoms with Crippen molar-refractivity contribution in [2.75, 3.05) is 7.11 Å². The van der Waals surface area contributed by atoms with Crippen LogP contribution in [-0.2, 0) is 0 Å². The molecule has 0 N–H and O–H groups in total. The minimum atomic E-state index is -0.875. The predicted molar refractivity (Wildman–Crippen MR) is 67.4 cm³/mol. The van der Waals surface area contributed by atoms with Gasteiger partial charge in [-0.05, 0) is 11.6 Å². The molecule has 2 rings (SSSR count). The number of aromatic nitrogens is 2. The molecule has 0 aliphatic rings. The van der Waals surface area contributed by atoms with Gasteiger partial charge in [-0.2, -0.15) is 0 Å². The van der Waals surface area contributed by atoms with Gasteiger partial charge >= 0.3 is 0 Å². The van der Waals surface area contributed by atoms with Gasteiger partial charge in [0.2, 0.25) is 5.28 Å². The zero-order chi connectivity index (χ0) is 13.9. The molecule has 0 atom stereocenters. The SMILES string of the molecule is CC.COc1c(F)cc(F)c2nc(Cl)nc(Cl)c12. The fraction of sp³-hybridized carbons (Fsp3) is 0.273. The molecular weight excluding hydrogens is 285 g/mol. The first-order valence-corrected chi connectivity index (χ1v) is 5.85. The van der Waals surface area contributed by atoms with E-state index in [4.69, 9.17) is 27.9 Å². The van der Waals surface area contributed by atoms with E-state index in [2.05, 4.69) is 9.97 Å². The van der Waals surface area contributed by atoms with Gasteiger partial charge in [-0.3, -0.25) is 0 Å². The van der Waals surface area contributed by atoms with Gasteiger partial charge in [0.15, 0.2) is 17.4 Å². The van der Waals surface area contributed by atoms with Gasteiger partial charge in [0.05, 0.1) is 12.5 Å². The zero-order valence-corrected chi connectivity index (χ0v) is 11.4. The number of fused-ring (bicyclic) bond motifs is 1. The lowest BCUT2D eigenvalue weighted by Gasteiger charge is -2.08. The topological polar surface area (TPSA) is 35.0 Å². The molecule has 0 amide bonds. The minimum Gasteiger partial charge on any atom is -0.493 e. The number of hydrogen-bond donors (Lipinski definition) is 0. The highest BCUT2D eigenvalue weighted by molar-refractivity contribution is 6.36. The highest BCUT2D eigenvalue weighted by atomic mass is 35.5. The van der Waals surface area contributed by atoms with Crippen LogP contribution in [0.5, 0.6) is 5.75 Å². The summed E-state index contributed by atoms with van der Waals surface area (Å²) in [5.41, 5.74) is -0.178. The summed E-state index contributed by atoms with van der Waals surface area (Å²) in [6, 6.07) is 0.654. The van der Waals surface area contributed by atoms with Crippen molar-refractivity contribution >= 4 is 34.1 Å². The normalized spacial score (nSPS) is 9.94.